The summed E-state index contributed by atoms with van der Waals surface area (Å²) in [4.78, 5) is 11.5. The quantitative estimate of drug-likeness (QED) is 0.663. The highest BCUT2D eigenvalue weighted by Gasteiger charge is 2.15. The van der Waals surface area contributed by atoms with Gasteiger partial charge < -0.3 is 10.1 Å². The van der Waals surface area contributed by atoms with E-state index in [-0.39, 0.29) is 16.9 Å². The summed E-state index contributed by atoms with van der Waals surface area (Å²) in [6.07, 6.45) is 0. The van der Waals surface area contributed by atoms with Crippen LogP contribution in [0.4, 0.5) is 10.1 Å². The summed E-state index contributed by atoms with van der Waals surface area (Å²) in [6, 6.07) is 7.82. The number of nitrogens with one attached hydrogen (secondary N) is 1. The van der Waals surface area contributed by atoms with Crippen molar-refractivity contribution in [1.82, 2.24) is 0 Å². The molecule has 0 amide bonds. The van der Waals surface area contributed by atoms with Crippen LogP contribution in [0.25, 0.3) is 0 Å². The predicted octanol–water partition coefficient (Wildman–Crippen LogP) is 1.85. The van der Waals surface area contributed by atoms with Gasteiger partial charge in [0.15, 0.2) is 5.57 Å². The Kier molecular flexibility index (Phi) is 4.80. The molecular weight excluding hydrogens is 263 g/mol. The molecule has 7 heteroatoms. The van der Waals surface area contributed by atoms with Crippen LogP contribution < -0.4 is 5.32 Å². The Morgan fingerprint density at radius 1 is 1.25 bits per heavy atom. The number of nitrogens with zero attached hydrogens (tertiary/aromatic N) is 3. The molecule has 0 saturated carbocycles. The molecule has 1 rings (SSSR count). The minimum absolute atomic E-state index is 0.0307. The molecule has 0 fully saturated rings. The number of rotatable bonds is 3. The van der Waals surface area contributed by atoms with Gasteiger partial charge in [-0.2, -0.15) is 15.8 Å². The lowest BCUT2D eigenvalue weighted by Crippen LogP contribution is -2.09. The molecule has 0 bridgehead atoms. The number of allylic oxidation sites excluding steroid dienone is 2. The van der Waals surface area contributed by atoms with Crippen LogP contribution in [0.2, 0.25) is 0 Å². The molecule has 0 atom stereocenters. The Hall–Kier alpha value is -3.37. The van der Waals surface area contributed by atoms with Crippen LogP contribution >= 0.6 is 0 Å². The second-order valence-electron chi connectivity index (χ2n) is 3.39. The number of esters is 1. The summed E-state index contributed by atoms with van der Waals surface area (Å²) < 4.78 is 17.7. The van der Waals surface area contributed by atoms with E-state index in [1.54, 1.807) is 6.07 Å². The van der Waals surface area contributed by atoms with Crippen LogP contribution in [-0.2, 0) is 4.74 Å². The Morgan fingerprint density at radius 3 is 2.40 bits per heavy atom. The summed E-state index contributed by atoms with van der Waals surface area (Å²) in [5, 5.41) is 28.7. The molecule has 0 radical (unpaired) electrons. The summed E-state index contributed by atoms with van der Waals surface area (Å²) in [5.41, 5.74) is -0.966. The lowest BCUT2D eigenvalue weighted by atomic mass is 10.1. The smallest absolute Gasteiger partial charge is 0.339 e. The first-order valence-electron chi connectivity index (χ1n) is 5.16. The third kappa shape index (κ3) is 3.10. The normalized spacial score (nSPS) is 8.55. The molecule has 6 nitrogen and oxygen atoms in total. The lowest BCUT2D eigenvalue weighted by Gasteiger charge is -2.09. The minimum Gasteiger partial charge on any atom is -0.465 e. The van der Waals surface area contributed by atoms with Crippen molar-refractivity contribution in [1.29, 1.82) is 15.8 Å². The Bertz CT molecular complexity index is 689. The highest BCUT2D eigenvalue weighted by atomic mass is 19.1. The van der Waals surface area contributed by atoms with Crippen LogP contribution in [0.5, 0.6) is 0 Å². The van der Waals surface area contributed by atoms with Crippen LogP contribution in [-0.4, -0.2) is 13.1 Å². The first-order chi connectivity index (χ1) is 9.57. The highest BCUT2D eigenvalue weighted by molar-refractivity contribution is 5.96. The largest absolute Gasteiger partial charge is 0.465 e. The molecule has 1 N–H and O–H groups in total. The maximum atomic E-state index is 13.2. The Balaban J connectivity index is 3.35. The number of anilines is 1. The number of hydrogen-bond acceptors (Lipinski definition) is 6. The molecule has 0 aliphatic carbocycles. The zero-order valence-corrected chi connectivity index (χ0v) is 10.3. The molecule has 0 spiro atoms. The molecule has 0 aliphatic rings. The minimum atomic E-state index is -0.750. The monoisotopic (exact) mass is 270 g/mol. The standard InChI is InChI=1S/C13H7FN4O2/c1-20-13(19)10-3-2-9(14)4-11(10)18-12(7-17)8(5-15)6-16/h2-4,18H,1H3. The second kappa shape index (κ2) is 6.53. The Labute approximate surface area is 113 Å². The van der Waals surface area contributed by atoms with Gasteiger partial charge in [-0.25, -0.2) is 9.18 Å². The molecule has 0 aliphatic heterocycles. The van der Waals surface area contributed by atoms with Crippen LogP contribution in [0.3, 0.4) is 0 Å². The molecule has 20 heavy (non-hydrogen) atoms. The molecule has 0 heterocycles. The van der Waals surface area contributed by atoms with Gasteiger partial charge in [0, 0.05) is 0 Å². The summed E-state index contributed by atoms with van der Waals surface area (Å²) in [6.45, 7) is 0. The van der Waals surface area contributed by atoms with Crippen molar-refractivity contribution < 1.29 is 13.9 Å². The summed E-state index contributed by atoms with van der Waals surface area (Å²) in [7, 11) is 1.15. The number of halogens is 1. The lowest BCUT2D eigenvalue weighted by molar-refractivity contribution is 0.0602. The number of carbonyl (C=O) groups excluding carboxylic acids is 1. The number of hydrogen-bond donors (Lipinski definition) is 1. The molecular formula is C13H7FN4O2. The van der Waals surface area contributed by atoms with Gasteiger partial charge in [-0.05, 0) is 18.2 Å². The number of nitriles is 3. The molecule has 0 saturated heterocycles. The van der Waals surface area contributed by atoms with Crippen molar-refractivity contribution in [2.45, 2.75) is 0 Å². The van der Waals surface area contributed by atoms with Crippen molar-refractivity contribution in [2.24, 2.45) is 0 Å². The van der Waals surface area contributed by atoms with Gasteiger partial charge in [0.2, 0.25) is 0 Å². The zero-order chi connectivity index (χ0) is 15.1. The number of benzene rings is 1. The maximum Gasteiger partial charge on any atom is 0.339 e. The van der Waals surface area contributed by atoms with Crippen molar-refractivity contribution in [3.8, 4) is 18.2 Å². The van der Waals surface area contributed by atoms with Gasteiger partial charge >= 0.3 is 5.97 Å². The maximum absolute atomic E-state index is 13.2. The van der Waals surface area contributed by atoms with Gasteiger partial charge in [-0.15, -0.1) is 0 Å². The van der Waals surface area contributed by atoms with E-state index in [0.717, 1.165) is 25.3 Å². The zero-order valence-electron chi connectivity index (χ0n) is 10.3. The predicted molar refractivity (Wildman–Crippen MR) is 65.2 cm³/mol. The molecule has 98 valence electrons. The summed E-state index contributed by atoms with van der Waals surface area (Å²) in [5.74, 6) is -1.41. The highest BCUT2D eigenvalue weighted by Crippen LogP contribution is 2.20. The van der Waals surface area contributed by atoms with Gasteiger partial charge in [0.05, 0.1) is 18.4 Å². The van der Waals surface area contributed by atoms with Gasteiger partial charge in [0.25, 0.3) is 0 Å². The third-order valence-electron chi connectivity index (χ3n) is 2.23. The van der Waals surface area contributed by atoms with Crippen LogP contribution in [0, 0.1) is 39.8 Å². The SMILES string of the molecule is COC(=O)c1ccc(F)cc1NC(C#N)=C(C#N)C#N. The number of carbonyl (C=O) groups is 1. The van der Waals surface area contributed by atoms with Crippen molar-refractivity contribution in [3.63, 3.8) is 0 Å². The second-order valence-corrected chi connectivity index (χ2v) is 3.39. The fraction of sp³-hybridized carbons (Fsp3) is 0.0769. The van der Waals surface area contributed by atoms with Gasteiger partial charge in [-0.1, -0.05) is 0 Å². The first kappa shape index (κ1) is 14.7. The van der Waals surface area contributed by atoms with E-state index in [0.29, 0.717) is 0 Å². The average molecular weight is 270 g/mol. The Morgan fingerprint density at radius 2 is 1.90 bits per heavy atom. The summed E-state index contributed by atoms with van der Waals surface area (Å²) >= 11 is 0. The number of methoxy groups -OCH3 is 1. The van der Waals surface area contributed by atoms with E-state index in [2.05, 4.69) is 10.1 Å². The van der Waals surface area contributed by atoms with Crippen LogP contribution in [0.1, 0.15) is 10.4 Å². The van der Waals surface area contributed by atoms with E-state index in [9.17, 15) is 9.18 Å². The topological polar surface area (TPSA) is 110 Å². The van der Waals surface area contributed by atoms with E-state index in [1.807, 2.05) is 0 Å². The average Bonchev–Trinajstić information content (AvgIpc) is 2.46. The molecule has 1 aromatic rings. The third-order valence-corrected chi connectivity index (χ3v) is 2.23. The number of ether oxygens (including phenoxy) is 1. The van der Waals surface area contributed by atoms with Gasteiger partial charge in [0.1, 0.15) is 29.7 Å². The van der Waals surface area contributed by atoms with Crippen molar-refractivity contribution in [3.05, 3.63) is 40.8 Å². The first-order valence-corrected chi connectivity index (χ1v) is 5.16. The van der Waals surface area contributed by atoms with Crippen LogP contribution in [0.15, 0.2) is 29.5 Å². The molecule has 0 unspecified atom stereocenters. The molecule has 0 aromatic heterocycles. The molecule has 1 aromatic carbocycles. The van der Waals surface area contributed by atoms with Crippen molar-refractivity contribution in [2.75, 3.05) is 12.4 Å². The van der Waals surface area contributed by atoms with E-state index >= 15 is 0 Å². The van der Waals surface area contributed by atoms with E-state index < -0.39 is 17.4 Å². The van der Waals surface area contributed by atoms with Gasteiger partial charge in [-0.3, -0.25) is 0 Å². The van der Waals surface area contributed by atoms with Crippen molar-refractivity contribution >= 4 is 11.7 Å². The fourth-order valence-corrected chi connectivity index (χ4v) is 1.33. The van der Waals surface area contributed by atoms with E-state index in [4.69, 9.17) is 15.8 Å². The fourth-order valence-electron chi connectivity index (χ4n) is 1.33. The van der Waals surface area contributed by atoms with E-state index in [1.165, 1.54) is 12.1 Å².